The number of allylic oxidation sites excluding steroid dienone is 2. The van der Waals surface area contributed by atoms with E-state index in [2.05, 4.69) is 59.5 Å². The second kappa shape index (κ2) is 9.13. The van der Waals surface area contributed by atoms with E-state index in [4.69, 9.17) is 4.74 Å². The number of ether oxygens (including phenoxy) is 1. The van der Waals surface area contributed by atoms with Gasteiger partial charge in [0.2, 0.25) is 5.91 Å². The Balaban J connectivity index is 1.46. The molecule has 0 spiro atoms. The molecule has 41 heavy (non-hydrogen) atoms. The molecule has 6 nitrogen and oxygen atoms in total. The number of hydrogen-bond acceptors (Lipinski definition) is 5. The van der Waals surface area contributed by atoms with Crippen LogP contribution in [0.15, 0.2) is 30.4 Å². The lowest BCUT2D eigenvalue weighted by Gasteiger charge is -2.70. The summed E-state index contributed by atoms with van der Waals surface area (Å²) in [4.78, 5) is 45.1. The number of imidazole rings is 1. The summed E-state index contributed by atoms with van der Waals surface area (Å²) in [5, 5.41) is 0. The number of hydrogen-bond donors (Lipinski definition) is 0. The van der Waals surface area contributed by atoms with E-state index < -0.39 is 5.41 Å². The molecule has 4 fully saturated rings. The maximum Gasteiger partial charge on any atom is 0.302 e. The molecule has 10 atom stereocenters. The summed E-state index contributed by atoms with van der Waals surface area (Å²) in [6.45, 7) is 17.9. The molecule has 0 amide bonds. The Morgan fingerprint density at radius 2 is 1.71 bits per heavy atom. The van der Waals surface area contributed by atoms with Gasteiger partial charge in [0, 0.05) is 30.7 Å². The first-order valence-corrected chi connectivity index (χ1v) is 16.1. The highest BCUT2D eigenvalue weighted by Gasteiger charge is 2.71. The van der Waals surface area contributed by atoms with Crippen LogP contribution in [0.3, 0.4) is 0 Å². The number of carbonyl (C=O) groups is 3. The molecule has 0 bridgehead atoms. The van der Waals surface area contributed by atoms with Gasteiger partial charge in [-0.25, -0.2) is 4.98 Å². The third-order valence-corrected chi connectivity index (χ3v) is 14.1. The van der Waals surface area contributed by atoms with Crippen LogP contribution in [0.5, 0.6) is 0 Å². The van der Waals surface area contributed by atoms with E-state index >= 15 is 0 Å². The summed E-state index contributed by atoms with van der Waals surface area (Å²) >= 11 is 0. The van der Waals surface area contributed by atoms with Crippen LogP contribution in [-0.2, 0) is 14.3 Å². The highest BCUT2D eigenvalue weighted by atomic mass is 16.5. The van der Waals surface area contributed by atoms with E-state index in [0.717, 1.165) is 51.4 Å². The highest BCUT2D eigenvalue weighted by molar-refractivity contribution is 5.96. The number of rotatable bonds is 2. The number of aromatic nitrogens is 2. The largest absolute Gasteiger partial charge is 0.462 e. The SMILES string of the molecule is CC(=O)O[C@H]1CC[C@]2(C)[C@H]3C(=O)C=C4[C@@H]5[C@@H](C)[C@H](C)CC[C@]5(C(=O)n5ccnc5)CC[C@@]4(C)[C@]3(C)CC[C@H]2C1(C)C. The number of nitrogens with zero attached hydrogens (tertiary/aromatic N) is 2. The fraction of sp³-hybridized carbons (Fsp3) is 0.771. The normalized spacial score (nSPS) is 46.7. The zero-order chi connectivity index (χ0) is 29.8. The molecule has 0 aliphatic heterocycles. The van der Waals surface area contributed by atoms with Gasteiger partial charge in [-0.1, -0.05) is 54.0 Å². The van der Waals surface area contributed by atoms with Crippen molar-refractivity contribution in [2.45, 2.75) is 113 Å². The predicted octanol–water partition coefficient (Wildman–Crippen LogP) is 7.29. The van der Waals surface area contributed by atoms with Crippen LogP contribution in [0.25, 0.3) is 0 Å². The third-order valence-electron chi connectivity index (χ3n) is 14.1. The van der Waals surface area contributed by atoms with Gasteiger partial charge >= 0.3 is 5.97 Å². The standard InChI is InChI=1S/C35H50N2O4/c1-21-9-14-35(30(40)37-18-17-36-20-37)16-15-33(7)24(28(35)22(21)2)19-25(39)29-32(6)12-11-27(41-23(3)38)31(4,5)26(32)10-13-34(29,33)8/h17-22,26-29H,9-16H2,1-8H3/t21-,22+,26+,27+,28+,29-,32+,33-,34-,35+/m1/s1. The van der Waals surface area contributed by atoms with E-state index in [0.29, 0.717) is 17.8 Å². The van der Waals surface area contributed by atoms with Crippen molar-refractivity contribution >= 4 is 17.7 Å². The van der Waals surface area contributed by atoms with Gasteiger partial charge in [-0.05, 0) is 97.4 Å². The minimum atomic E-state index is -0.493. The van der Waals surface area contributed by atoms with Crippen molar-refractivity contribution in [3.8, 4) is 0 Å². The van der Waals surface area contributed by atoms with Crippen LogP contribution in [0, 0.1) is 56.7 Å². The Bertz CT molecular complexity index is 1300. The van der Waals surface area contributed by atoms with Gasteiger partial charge in [-0.15, -0.1) is 0 Å². The molecule has 1 aromatic rings. The fourth-order valence-corrected chi connectivity index (χ4v) is 11.7. The van der Waals surface area contributed by atoms with Crippen molar-refractivity contribution in [2.75, 3.05) is 0 Å². The molecule has 0 radical (unpaired) electrons. The number of carbonyl (C=O) groups excluding carboxylic acids is 3. The summed E-state index contributed by atoms with van der Waals surface area (Å²) < 4.78 is 7.56. The quantitative estimate of drug-likeness (QED) is 0.354. The fourth-order valence-electron chi connectivity index (χ4n) is 11.7. The monoisotopic (exact) mass is 562 g/mol. The van der Waals surface area contributed by atoms with Crippen molar-refractivity contribution in [2.24, 2.45) is 56.7 Å². The van der Waals surface area contributed by atoms with E-state index in [9.17, 15) is 14.4 Å². The number of fused-ring (bicyclic) bond motifs is 7. The molecular formula is C35H50N2O4. The second-order valence-corrected chi connectivity index (χ2v) is 16.0. The first-order chi connectivity index (χ1) is 19.1. The van der Waals surface area contributed by atoms with E-state index in [1.54, 1.807) is 23.3 Å². The Hall–Kier alpha value is -2.24. The first kappa shape index (κ1) is 28.9. The van der Waals surface area contributed by atoms with Crippen LogP contribution in [0.1, 0.15) is 112 Å². The Morgan fingerprint density at radius 1 is 0.976 bits per heavy atom. The molecule has 224 valence electrons. The molecule has 5 aliphatic rings. The van der Waals surface area contributed by atoms with Gasteiger partial charge in [0.15, 0.2) is 5.78 Å². The highest BCUT2D eigenvalue weighted by Crippen LogP contribution is 2.75. The smallest absolute Gasteiger partial charge is 0.302 e. The van der Waals surface area contributed by atoms with Gasteiger partial charge in [0.25, 0.3) is 0 Å². The molecule has 0 unspecified atom stereocenters. The predicted molar refractivity (Wildman–Crippen MR) is 158 cm³/mol. The second-order valence-electron chi connectivity index (χ2n) is 16.0. The molecular weight excluding hydrogens is 512 g/mol. The van der Waals surface area contributed by atoms with Crippen LogP contribution in [-0.4, -0.2) is 33.3 Å². The van der Waals surface area contributed by atoms with Crippen molar-refractivity contribution in [3.05, 3.63) is 30.4 Å². The molecule has 1 heterocycles. The van der Waals surface area contributed by atoms with Crippen molar-refractivity contribution < 1.29 is 19.1 Å². The number of ketones is 1. The van der Waals surface area contributed by atoms with Gasteiger partial charge in [0.05, 0.1) is 5.41 Å². The summed E-state index contributed by atoms with van der Waals surface area (Å²) in [5.41, 5.74) is 0.0702. The number of esters is 1. The van der Waals surface area contributed by atoms with Crippen LogP contribution < -0.4 is 0 Å². The lowest BCUT2D eigenvalue weighted by atomic mass is 9.33. The summed E-state index contributed by atoms with van der Waals surface area (Å²) in [5.74, 6) is 1.31. The molecule has 0 N–H and O–H groups in total. The Labute approximate surface area is 246 Å². The van der Waals surface area contributed by atoms with Gasteiger partial charge in [-0.3, -0.25) is 19.0 Å². The average molecular weight is 563 g/mol. The Morgan fingerprint density at radius 3 is 2.37 bits per heavy atom. The van der Waals surface area contributed by atoms with Crippen molar-refractivity contribution in [1.82, 2.24) is 9.55 Å². The van der Waals surface area contributed by atoms with Crippen LogP contribution in [0.4, 0.5) is 0 Å². The molecule has 0 saturated heterocycles. The molecule has 5 aliphatic carbocycles. The van der Waals surface area contributed by atoms with Crippen molar-refractivity contribution in [1.29, 1.82) is 0 Å². The first-order valence-electron chi connectivity index (χ1n) is 16.1. The topological polar surface area (TPSA) is 78.3 Å². The molecule has 6 heteroatoms. The molecule has 4 saturated carbocycles. The maximum absolute atomic E-state index is 14.7. The zero-order valence-electron chi connectivity index (χ0n) is 26.5. The minimum Gasteiger partial charge on any atom is -0.462 e. The summed E-state index contributed by atoms with van der Waals surface area (Å²) in [6, 6.07) is 0. The third kappa shape index (κ3) is 3.67. The zero-order valence-corrected chi connectivity index (χ0v) is 26.5. The lowest BCUT2D eigenvalue weighted by Crippen LogP contribution is -2.67. The molecule has 1 aromatic heterocycles. The van der Waals surface area contributed by atoms with E-state index in [-0.39, 0.29) is 57.3 Å². The summed E-state index contributed by atoms with van der Waals surface area (Å²) in [7, 11) is 0. The van der Waals surface area contributed by atoms with E-state index in [1.165, 1.54) is 12.5 Å². The minimum absolute atomic E-state index is 0.0586. The van der Waals surface area contributed by atoms with E-state index in [1.807, 2.05) is 0 Å². The van der Waals surface area contributed by atoms with Gasteiger partial charge in [0.1, 0.15) is 12.4 Å². The molecule has 6 rings (SSSR count). The van der Waals surface area contributed by atoms with Crippen LogP contribution in [0.2, 0.25) is 0 Å². The summed E-state index contributed by atoms with van der Waals surface area (Å²) in [6.07, 6.45) is 14.5. The maximum atomic E-state index is 14.7. The molecule has 0 aromatic carbocycles. The van der Waals surface area contributed by atoms with Gasteiger partial charge in [-0.2, -0.15) is 0 Å². The Kier molecular flexibility index (Phi) is 6.43. The van der Waals surface area contributed by atoms with Crippen LogP contribution >= 0.6 is 0 Å². The van der Waals surface area contributed by atoms with Crippen molar-refractivity contribution in [3.63, 3.8) is 0 Å². The lowest BCUT2D eigenvalue weighted by molar-refractivity contribution is -0.210. The van der Waals surface area contributed by atoms with Gasteiger partial charge < -0.3 is 4.74 Å². The average Bonchev–Trinajstić information content (AvgIpc) is 3.43.